The lowest BCUT2D eigenvalue weighted by atomic mass is 9.38. The fourth-order valence-corrected chi connectivity index (χ4v) is 7.54. The molecule has 0 radical (unpaired) electrons. The molecule has 1 unspecified atom stereocenters. The van der Waals surface area contributed by atoms with Crippen LogP contribution in [0.15, 0.2) is 11.8 Å². The van der Waals surface area contributed by atoms with Gasteiger partial charge in [-0.3, -0.25) is 9.59 Å². The van der Waals surface area contributed by atoms with Crippen molar-refractivity contribution < 1.29 is 28.9 Å². The Bertz CT molecular complexity index is 731. The van der Waals surface area contributed by atoms with Gasteiger partial charge < -0.3 is 19.3 Å². The summed E-state index contributed by atoms with van der Waals surface area (Å²) < 4.78 is 17.0. The van der Waals surface area contributed by atoms with Crippen LogP contribution in [0.5, 0.6) is 0 Å². The standard InChI is InChI=1S/C22H32O6/c1-10-7-14(26-5)20(25)22(4)12(10)8-15-21(3)13(9-16(23)28-15)11(2)18(27-6)17(24)19(21)22/h7,10-13,15,17-19,24H,8-9H2,1-6H3/t10-,11-,12+,13+,15-,17-,18?,19+,21-,22+/m1/s1. The Balaban J connectivity index is 1.93. The van der Waals surface area contributed by atoms with E-state index in [1.54, 1.807) is 7.11 Å². The molecule has 28 heavy (non-hydrogen) atoms. The van der Waals surface area contributed by atoms with Crippen molar-refractivity contribution >= 4 is 11.8 Å². The Morgan fingerprint density at radius 2 is 1.86 bits per heavy atom. The molecule has 0 amide bonds. The van der Waals surface area contributed by atoms with Gasteiger partial charge in [-0.05, 0) is 36.2 Å². The van der Waals surface area contributed by atoms with Crippen LogP contribution in [0, 0.1) is 40.4 Å². The van der Waals surface area contributed by atoms with Crippen molar-refractivity contribution in [3.05, 3.63) is 11.8 Å². The quantitative estimate of drug-likeness (QED) is 0.727. The highest BCUT2D eigenvalue weighted by Crippen LogP contribution is 2.68. The third-order valence-corrected chi connectivity index (χ3v) is 8.79. The molecule has 3 aliphatic carbocycles. The third kappa shape index (κ3) is 2.22. The second kappa shape index (κ2) is 6.30. The van der Waals surface area contributed by atoms with Gasteiger partial charge in [-0.2, -0.15) is 0 Å². The first-order chi connectivity index (χ1) is 13.1. The monoisotopic (exact) mass is 392 g/mol. The lowest BCUT2D eigenvalue weighted by Gasteiger charge is -2.68. The lowest BCUT2D eigenvalue weighted by molar-refractivity contribution is -0.280. The minimum atomic E-state index is -0.819. The first kappa shape index (κ1) is 19.9. The number of aliphatic hydroxyl groups is 1. The average Bonchev–Trinajstić information content (AvgIpc) is 2.63. The molecule has 0 aromatic rings. The van der Waals surface area contributed by atoms with Crippen molar-refractivity contribution in [2.75, 3.05) is 14.2 Å². The molecule has 0 bridgehead atoms. The molecule has 6 heteroatoms. The van der Waals surface area contributed by atoms with E-state index >= 15 is 0 Å². The Morgan fingerprint density at radius 3 is 2.46 bits per heavy atom. The number of esters is 1. The van der Waals surface area contributed by atoms with E-state index in [0.29, 0.717) is 18.6 Å². The van der Waals surface area contributed by atoms with Gasteiger partial charge in [0.2, 0.25) is 5.78 Å². The van der Waals surface area contributed by atoms with Crippen LogP contribution in [-0.2, 0) is 23.8 Å². The Kier molecular flexibility index (Phi) is 4.47. The molecule has 0 spiro atoms. The first-order valence-corrected chi connectivity index (χ1v) is 10.3. The zero-order valence-corrected chi connectivity index (χ0v) is 17.6. The van der Waals surface area contributed by atoms with Gasteiger partial charge in [0, 0.05) is 30.3 Å². The summed E-state index contributed by atoms with van der Waals surface area (Å²) in [6.07, 6.45) is 1.26. The Hall–Kier alpha value is -1.40. The highest BCUT2D eigenvalue weighted by Gasteiger charge is 2.73. The molecule has 0 aromatic heterocycles. The number of hydrogen-bond acceptors (Lipinski definition) is 6. The molecule has 1 saturated heterocycles. The second-order valence-corrected chi connectivity index (χ2v) is 9.73. The van der Waals surface area contributed by atoms with Crippen molar-refractivity contribution in [1.29, 1.82) is 0 Å². The normalized spacial score (nSPS) is 52.9. The molecule has 6 nitrogen and oxygen atoms in total. The van der Waals surface area contributed by atoms with E-state index in [1.165, 1.54) is 7.11 Å². The zero-order valence-electron chi connectivity index (χ0n) is 17.6. The van der Waals surface area contributed by atoms with Crippen LogP contribution >= 0.6 is 0 Å². The number of hydrogen-bond donors (Lipinski definition) is 1. The van der Waals surface area contributed by atoms with Crippen molar-refractivity contribution in [3.63, 3.8) is 0 Å². The SMILES string of the molecule is COC1=C[C@@H](C)[C@@H]2C[C@H]3OC(=O)C[C@H]4[C@@H](C)C(OC)[C@@H](O)[C@H]([C@@]2(C)C1=O)[C@@]34C. The number of methoxy groups -OCH3 is 2. The van der Waals surface area contributed by atoms with Crippen LogP contribution in [0.4, 0.5) is 0 Å². The van der Waals surface area contributed by atoms with E-state index < -0.39 is 23.0 Å². The van der Waals surface area contributed by atoms with E-state index in [1.807, 2.05) is 19.9 Å². The zero-order chi connectivity index (χ0) is 20.6. The molecule has 0 aromatic carbocycles. The van der Waals surface area contributed by atoms with Crippen LogP contribution in [0.2, 0.25) is 0 Å². The number of aliphatic hydroxyl groups excluding tert-OH is 1. The fraction of sp³-hybridized carbons (Fsp3) is 0.818. The number of ether oxygens (including phenoxy) is 3. The lowest BCUT2D eigenvalue weighted by Crippen LogP contribution is -2.73. The van der Waals surface area contributed by atoms with Gasteiger partial charge in [-0.1, -0.05) is 27.7 Å². The van der Waals surface area contributed by atoms with Gasteiger partial charge >= 0.3 is 5.97 Å². The molecule has 3 fully saturated rings. The number of ketones is 1. The van der Waals surface area contributed by atoms with Gasteiger partial charge in [0.15, 0.2) is 5.76 Å². The van der Waals surface area contributed by atoms with Gasteiger partial charge in [-0.15, -0.1) is 0 Å². The first-order valence-electron chi connectivity index (χ1n) is 10.3. The minimum Gasteiger partial charge on any atom is -0.493 e. The molecule has 4 rings (SSSR count). The number of allylic oxidation sites excluding steroid dienone is 2. The average molecular weight is 392 g/mol. The third-order valence-electron chi connectivity index (χ3n) is 8.79. The number of rotatable bonds is 2. The minimum absolute atomic E-state index is 0.00474. The van der Waals surface area contributed by atoms with Crippen molar-refractivity contribution in [1.82, 2.24) is 0 Å². The summed E-state index contributed by atoms with van der Waals surface area (Å²) in [7, 11) is 3.12. The molecule has 4 aliphatic rings. The predicted molar refractivity (Wildman–Crippen MR) is 101 cm³/mol. The number of carbonyl (C=O) groups is 2. The van der Waals surface area contributed by atoms with Crippen molar-refractivity contribution in [2.24, 2.45) is 40.4 Å². The summed E-state index contributed by atoms with van der Waals surface area (Å²) in [6.45, 7) is 8.20. The summed E-state index contributed by atoms with van der Waals surface area (Å²) >= 11 is 0. The van der Waals surface area contributed by atoms with E-state index in [4.69, 9.17) is 14.2 Å². The highest BCUT2D eigenvalue weighted by atomic mass is 16.5. The van der Waals surface area contributed by atoms with Crippen LogP contribution in [0.1, 0.15) is 40.5 Å². The molecule has 156 valence electrons. The molecule has 1 N–H and O–H groups in total. The van der Waals surface area contributed by atoms with Crippen LogP contribution < -0.4 is 0 Å². The molecule has 10 atom stereocenters. The maximum Gasteiger partial charge on any atom is 0.306 e. The maximum absolute atomic E-state index is 13.6. The second-order valence-electron chi connectivity index (χ2n) is 9.73. The Morgan fingerprint density at radius 1 is 1.18 bits per heavy atom. The van der Waals surface area contributed by atoms with Crippen molar-refractivity contribution in [3.8, 4) is 0 Å². The summed E-state index contributed by atoms with van der Waals surface area (Å²) in [5.41, 5.74) is -1.29. The van der Waals surface area contributed by atoms with E-state index in [-0.39, 0.29) is 47.4 Å². The van der Waals surface area contributed by atoms with Gasteiger partial charge in [-0.25, -0.2) is 0 Å². The predicted octanol–water partition coefficient (Wildman–Crippen LogP) is 2.34. The molecule has 1 aliphatic heterocycles. The summed E-state index contributed by atoms with van der Waals surface area (Å²) in [4.78, 5) is 26.1. The molecular weight excluding hydrogens is 360 g/mol. The topological polar surface area (TPSA) is 82.1 Å². The molecule has 1 heterocycles. The maximum atomic E-state index is 13.6. The van der Waals surface area contributed by atoms with Gasteiger partial charge in [0.05, 0.1) is 19.3 Å². The number of Topliss-reactive ketones (excluding diaryl/α,β-unsaturated/α-hetero) is 1. The van der Waals surface area contributed by atoms with E-state index in [0.717, 1.165) is 0 Å². The van der Waals surface area contributed by atoms with Crippen LogP contribution in [-0.4, -0.2) is 49.4 Å². The van der Waals surface area contributed by atoms with Gasteiger partial charge in [0.1, 0.15) is 6.10 Å². The van der Waals surface area contributed by atoms with Crippen LogP contribution in [0.3, 0.4) is 0 Å². The van der Waals surface area contributed by atoms with E-state index in [2.05, 4.69) is 13.8 Å². The largest absolute Gasteiger partial charge is 0.493 e. The van der Waals surface area contributed by atoms with Crippen LogP contribution in [0.25, 0.3) is 0 Å². The van der Waals surface area contributed by atoms with Gasteiger partial charge in [0.25, 0.3) is 0 Å². The Labute approximate surface area is 166 Å². The summed E-state index contributed by atoms with van der Waals surface area (Å²) in [6, 6.07) is 0. The molecule has 2 saturated carbocycles. The summed E-state index contributed by atoms with van der Waals surface area (Å²) in [5.74, 6) is -0.213. The summed E-state index contributed by atoms with van der Waals surface area (Å²) in [5, 5.41) is 11.5. The van der Waals surface area contributed by atoms with Crippen molar-refractivity contribution in [2.45, 2.75) is 58.8 Å². The number of carbonyl (C=O) groups excluding carboxylic acids is 2. The smallest absolute Gasteiger partial charge is 0.306 e. The highest BCUT2D eigenvalue weighted by molar-refractivity contribution is 5.99. The molecular formula is C22H32O6. The number of fused-ring (bicyclic) bond motifs is 2. The van der Waals surface area contributed by atoms with E-state index in [9.17, 15) is 14.7 Å². The fourth-order valence-electron chi connectivity index (χ4n) is 7.54.